The predicted molar refractivity (Wildman–Crippen MR) is 127 cm³/mol. The van der Waals surface area contributed by atoms with E-state index in [-0.39, 0.29) is 12.6 Å². The van der Waals surface area contributed by atoms with Crippen LogP contribution in [0.3, 0.4) is 0 Å². The van der Waals surface area contributed by atoms with Crippen molar-refractivity contribution in [3.05, 3.63) is 71.0 Å². The third-order valence-electron chi connectivity index (χ3n) is 7.65. The lowest BCUT2D eigenvalue weighted by Crippen LogP contribution is -2.51. The molecule has 2 atom stereocenters. The minimum atomic E-state index is -3.64. The molecule has 0 amide bonds. The van der Waals surface area contributed by atoms with Gasteiger partial charge in [0.1, 0.15) is 11.1 Å². The highest BCUT2D eigenvalue weighted by Crippen LogP contribution is 2.44. The van der Waals surface area contributed by atoms with Gasteiger partial charge in [0.2, 0.25) is 10.0 Å². The summed E-state index contributed by atoms with van der Waals surface area (Å²) in [5, 5.41) is 10.3. The van der Waals surface area contributed by atoms with E-state index in [0.29, 0.717) is 38.0 Å². The molecule has 180 valence electrons. The Balaban J connectivity index is 1.64. The summed E-state index contributed by atoms with van der Waals surface area (Å²) in [6.07, 6.45) is 2.49. The molecule has 2 saturated heterocycles. The van der Waals surface area contributed by atoms with Crippen LogP contribution in [0.2, 0.25) is 0 Å². The molecule has 4 rings (SSSR count). The standard InChI is InChI=1S/C26H34FNO4S/c1-19-9-12-24(20-7-5-4-6-8-20)33(30,31)28(19)18-21-10-11-22(17-23(21)27)26(25(2,3)29)13-15-32-16-14-26/h4-8,10-11,17,19,24,29H,9,12-16,18H2,1-3H3/t19-,24+/m0/s1. The number of ether oxygens (including phenoxy) is 1. The maximum Gasteiger partial charge on any atom is 0.221 e. The van der Waals surface area contributed by atoms with Crippen LogP contribution >= 0.6 is 0 Å². The minimum Gasteiger partial charge on any atom is -0.390 e. The molecule has 0 spiro atoms. The number of benzene rings is 2. The second-order valence-electron chi connectivity index (χ2n) is 9.98. The molecule has 2 fully saturated rings. The zero-order chi connectivity index (χ0) is 23.9. The number of hydrogen-bond acceptors (Lipinski definition) is 4. The van der Waals surface area contributed by atoms with Gasteiger partial charge in [-0.3, -0.25) is 0 Å². The SMILES string of the molecule is C[C@H]1CC[C@H](c2ccccc2)S(=O)(=O)N1Cc1ccc(C2(C(C)(C)O)CCOCC2)cc1F. The first-order valence-electron chi connectivity index (χ1n) is 11.7. The van der Waals surface area contributed by atoms with Gasteiger partial charge in [-0.2, -0.15) is 4.31 Å². The lowest BCUT2D eigenvalue weighted by Gasteiger charge is -2.46. The second kappa shape index (κ2) is 9.10. The summed E-state index contributed by atoms with van der Waals surface area (Å²) in [7, 11) is -3.64. The molecule has 2 aliphatic heterocycles. The summed E-state index contributed by atoms with van der Waals surface area (Å²) < 4.78 is 49.3. The van der Waals surface area contributed by atoms with E-state index in [1.165, 1.54) is 10.4 Å². The Bertz CT molecular complexity index is 1080. The number of aliphatic hydroxyl groups is 1. The molecule has 5 nitrogen and oxygen atoms in total. The van der Waals surface area contributed by atoms with Gasteiger partial charge in [0.25, 0.3) is 0 Å². The topological polar surface area (TPSA) is 66.8 Å². The number of nitrogens with zero attached hydrogens (tertiary/aromatic N) is 1. The van der Waals surface area contributed by atoms with E-state index in [1.807, 2.05) is 43.3 Å². The Labute approximate surface area is 196 Å². The van der Waals surface area contributed by atoms with Crippen LogP contribution in [0.5, 0.6) is 0 Å². The van der Waals surface area contributed by atoms with E-state index in [0.717, 1.165) is 17.5 Å². The van der Waals surface area contributed by atoms with Crippen LogP contribution in [0.4, 0.5) is 4.39 Å². The van der Waals surface area contributed by atoms with Crippen LogP contribution in [-0.2, 0) is 26.7 Å². The van der Waals surface area contributed by atoms with Crippen molar-refractivity contribution in [2.75, 3.05) is 13.2 Å². The molecule has 0 radical (unpaired) electrons. The van der Waals surface area contributed by atoms with E-state index in [1.54, 1.807) is 19.9 Å². The van der Waals surface area contributed by atoms with Gasteiger partial charge < -0.3 is 9.84 Å². The largest absolute Gasteiger partial charge is 0.390 e. The molecular weight excluding hydrogens is 441 g/mol. The molecule has 1 N–H and O–H groups in total. The molecule has 7 heteroatoms. The Hall–Kier alpha value is -1.80. The molecule has 33 heavy (non-hydrogen) atoms. The molecule has 0 saturated carbocycles. The van der Waals surface area contributed by atoms with Gasteiger partial charge in [-0.25, -0.2) is 12.8 Å². The van der Waals surface area contributed by atoms with Crippen molar-refractivity contribution in [2.24, 2.45) is 0 Å². The average molecular weight is 476 g/mol. The Morgan fingerprint density at radius 2 is 1.79 bits per heavy atom. The number of hydrogen-bond donors (Lipinski definition) is 1. The van der Waals surface area contributed by atoms with Crippen molar-refractivity contribution in [3.63, 3.8) is 0 Å². The normalized spacial score (nSPS) is 25.6. The summed E-state index contributed by atoms with van der Waals surface area (Å²) in [5.41, 5.74) is 0.209. The van der Waals surface area contributed by atoms with Crippen LogP contribution in [0.1, 0.15) is 68.4 Å². The smallest absolute Gasteiger partial charge is 0.221 e. The third kappa shape index (κ3) is 4.48. The summed E-state index contributed by atoms with van der Waals surface area (Å²) in [5.74, 6) is -0.438. The fourth-order valence-electron chi connectivity index (χ4n) is 5.47. The number of halogens is 1. The molecule has 0 bridgehead atoms. The lowest BCUT2D eigenvalue weighted by atomic mass is 9.64. The third-order valence-corrected chi connectivity index (χ3v) is 10.0. The molecule has 2 heterocycles. The van der Waals surface area contributed by atoms with E-state index in [2.05, 4.69) is 0 Å². The van der Waals surface area contributed by atoms with E-state index < -0.39 is 32.1 Å². The number of sulfonamides is 1. The second-order valence-corrected chi connectivity index (χ2v) is 12.0. The van der Waals surface area contributed by atoms with Crippen molar-refractivity contribution in [1.29, 1.82) is 0 Å². The van der Waals surface area contributed by atoms with Crippen molar-refractivity contribution < 1.29 is 22.7 Å². The molecule has 2 aromatic carbocycles. The molecule has 0 aromatic heterocycles. The van der Waals surface area contributed by atoms with Crippen LogP contribution < -0.4 is 0 Å². The molecular formula is C26H34FNO4S. The molecule has 0 aliphatic carbocycles. The fraction of sp³-hybridized carbons (Fsp3) is 0.538. The van der Waals surface area contributed by atoms with Crippen molar-refractivity contribution in [1.82, 2.24) is 4.31 Å². The van der Waals surface area contributed by atoms with E-state index >= 15 is 4.39 Å². The quantitative estimate of drug-likeness (QED) is 0.681. The van der Waals surface area contributed by atoms with Crippen LogP contribution in [0.25, 0.3) is 0 Å². The zero-order valence-corrected chi connectivity index (χ0v) is 20.4. The maximum atomic E-state index is 15.4. The van der Waals surface area contributed by atoms with Gasteiger partial charge in [0, 0.05) is 36.8 Å². The summed E-state index contributed by atoms with van der Waals surface area (Å²) in [6.45, 7) is 6.43. The van der Waals surface area contributed by atoms with Crippen molar-refractivity contribution >= 4 is 10.0 Å². The highest BCUT2D eigenvalue weighted by Gasteiger charge is 2.47. The van der Waals surface area contributed by atoms with Gasteiger partial charge in [0.15, 0.2) is 0 Å². The summed E-state index contributed by atoms with van der Waals surface area (Å²) in [4.78, 5) is 0. The van der Waals surface area contributed by atoms with Crippen molar-refractivity contribution in [2.45, 2.75) is 75.3 Å². The first kappa shape index (κ1) is 24.3. The van der Waals surface area contributed by atoms with Crippen LogP contribution in [0, 0.1) is 5.82 Å². The van der Waals surface area contributed by atoms with Gasteiger partial charge in [-0.15, -0.1) is 0 Å². The predicted octanol–water partition coefficient (Wildman–Crippen LogP) is 4.70. The summed E-state index contributed by atoms with van der Waals surface area (Å²) in [6, 6.07) is 14.1. The Kier molecular flexibility index (Phi) is 6.71. The van der Waals surface area contributed by atoms with Crippen molar-refractivity contribution in [3.8, 4) is 0 Å². The molecule has 2 aliphatic rings. The lowest BCUT2D eigenvalue weighted by molar-refractivity contribution is -0.0663. The highest BCUT2D eigenvalue weighted by atomic mass is 32.2. The summed E-state index contributed by atoms with van der Waals surface area (Å²) >= 11 is 0. The minimum absolute atomic E-state index is 0.00240. The van der Waals surface area contributed by atoms with E-state index in [4.69, 9.17) is 4.74 Å². The van der Waals surface area contributed by atoms with Gasteiger partial charge in [-0.05, 0) is 63.6 Å². The maximum absolute atomic E-state index is 15.4. The van der Waals surface area contributed by atoms with Gasteiger partial charge in [0.05, 0.1) is 5.60 Å². The van der Waals surface area contributed by atoms with Crippen LogP contribution in [-0.4, -0.2) is 42.7 Å². The van der Waals surface area contributed by atoms with Gasteiger partial charge in [-0.1, -0.05) is 42.5 Å². The number of rotatable bonds is 5. The molecule has 0 unspecified atom stereocenters. The first-order valence-corrected chi connectivity index (χ1v) is 13.2. The van der Waals surface area contributed by atoms with E-state index in [9.17, 15) is 13.5 Å². The first-order chi connectivity index (χ1) is 15.6. The average Bonchev–Trinajstić information content (AvgIpc) is 2.77. The molecule has 2 aromatic rings. The van der Waals surface area contributed by atoms with Gasteiger partial charge >= 0.3 is 0 Å². The highest BCUT2D eigenvalue weighted by molar-refractivity contribution is 7.89. The Morgan fingerprint density at radius 3 is 2.39 bits per heavy atom. The van der Waals surface area contributed by atoms with Crippen LogP contribution in [0.15, 0.2) is 48.5 Å². The fourth-order valence-corrected chi connectivity index (χ4v) is 7.65. The monoisotopic (exact) mass is 475 g/mol. The zero-order valence-electron chi connectivity index (χ0n) is 19.6. The Morgan fingerprint density at radius 1 is 1.12 bits per heavy atom.